The number of aromatic nitrogens is 1. The van der Waals surface area contributed by atoms with E-state index in [2.05, 4.69) is 47.0 Å². The monoisotopic (exact) mass is 314 g/mol. The van der Waals surface area contributed by atoms with Gasteiger partial charge in [0.2, 0.25) is 5.91 Å². The van der Waals surface area contributed by atoms with Crippen molar-refractivity contribution in [1.82, 2.24) is 9.47 Å². The van der Waals surface area contributed by atoms with Gasteiger partial charge >= 0.3 is 0 Å². The number of likely N-dealkylation sites (tertiary alicyclic amines) is 1. The highest BCUT2D eigenvalue weighted by molar-refractivity contribution is 7.99. The first-order valence-electron chi connectivity index (χ1n) is 7.78. The summed E-state index contributed by atoms with van der Waals surface area (Å²) in [6.45, 7) is 0.889. The van der Waals surface area contributed by atoms with E-state index in [1.807, 2.05) is 18.2 Å². The van der Waals surface area contributed by atoms with E-state index in [0.29, 0.717) is 5.75 Å². The van der Waals surface area contributed by atoms with Crippen molar-refractivity contribution < 1.29 is 4.79 Å². The predicted octanol–water partition coefficient (Wildman–Crippen LogP) is 3.62. The van der Waals surface area contributed by atoms with E-state index in [9.17, 15) is 4.79 Å². The number of nitrogens with zero attached hydrogens (tertiary/aromatic N) is 2. The molecule has 0 unspecified atom stereocenters. The van der Waals surface area contributed by atoms with Crippen molar-refractivity contribution in [3.63, 3.8) is 0 Å². The molecule has 1 amide bonds. The lowest BCUT2D eigenvalue weighted by atomic mass is 10.1. The Hall–Kier alpha value is -1.68. The van der Waals surface area contributed by atoms with Gasteiger partial charge < -0.3 is 9.47 Å². The Morgan fingerprint density at radius 1 is 1.23 bits per heavy atom. The first-order chi connectivity index (χ1) is 10.8. The summed E-state index contributed by atoms with van der Waals surface area (Å²) in [5.74, 6) is 1.73. The summed E-state index contributed by atoms with van der Waals surface area (Å²) in [6, 6.07) is 14.8. The molecular weight excluding hydrogens is 292 g/mol. The zero-order chi connectivity index (χ0) is 15.4. The number of thioether (sulfide) groups is 1. The van der Waals surface area contributed by atoms with Crippen LogP contribution in [0.2, 0.25) is 0 Å². The minimum atomic E-state index is 0.254. The van der Waals surface area contributed by atoms with Gasteiger partial charge in [0.05, 0.1) is 11.8 Å². The van der Waals surface area contributed by atoms with Crippen LogP contribution in [0.1, 0.15) is 30.1 Å². The molecule has 116 valence electrons. The van der Waals surface area contributed by atoms with Gasteiger partial charge in [-0.15, -0.1) is 11.8 Å². The molecule has 2 heterocycles. The molecule has 3 rings (SSSR count). The summed E-state index contributed by atoms with van der Waals surface area (Å²) in [6.07, 6.45) is 4.23. The highest BCUT2D eigenvalue weighted by atomic mass is 32.2. The third kappa shape index (κ3) is 3.38. The van der Waals surface area contributed by atoms with E-state index in [1.54, 1.807) is 11.8 Å². The fourth-order valence-electron chi connectivity index (χ4n) is 3.11. The Kier molecular flexibility index (Phi) is 4.88. The Morgan fingerprint density at radius 2 is 2.05 bits per heavy atom. The van der Waals surface area contributed by atoms with Crippen molar-refractivity contribution >= 4 is 17.7 Å². The second-order valence-corrected chi connectivity index (χ2v) is 6.75. The average molecular weight is 314 g/mol. The molecule has 1 saturated heterocycles. The maximum absolute atomic E-state index is 12.5. The Bertz CT molecular complexity index is 623. The van der Waals surface area contributed by atoms with Crippen molar-refractivity contribution in [2.75, 3.05) is 12.3 Å². The van der Waals surface area contributed by atoms with Crippen LogP contribution in [0.25, 0.3) is 0 Å². The molecule has 0 radical (unpaired) electrons. The van der Waals surface area contributed by atoms with Crippen LogP contribution in [0.15, 0.2) is 48.7 Å². The molecule has 3 nitrogen and oxygen atoms in total. The number of carbonyl (C=O) groups excluding carboxylic acids is 1. The molecule has 2 aromatic rings. The molecule has 22 heavy (non-hydrogen) atoms. The quantitative estimate of drug-likeness (QED) is 0.842. The van der Waals surface area contributed by atoms with Crippen LogP contribution in [0.5, 0.6) is 0 Å². The fourth-order valence-corrected chi connectivity index (χ4v) is 3.98. The topological polar surface area (TPSA) is 25.2 Å². The summed E-state index contributed by atoms with van der Waals surface area (Å²) in [7, 11) is 2.06. The SMILES string of the molecule is Cn1cccc1[C@@H]1CCCN1C(=O)CSCc1ccccc1. The third-order valence-corrected chi connectivity index (χ3v) is 5.22. The first kappa shape index (κ1) is 15.2. The number of aryl methyl sites for hydroxylation is 1. The van der Waals surface area contributed by atoms with Gasteiger partial charge in [-0.2, -0.15) is 0 Å². The van der Waals surface area contributed by atoms with Crippen molar-refractivity contribution in [3.05, 3.63) is 59.9 Å². The molecule has 0 spiro atoms. The molecule has 1 aliphatic heterocycles. The lowest BCUT2D eigenvalue weighted by Crippen LogP contribution is -2.32. The predicted molar refractivity (Wildman–Crippen MR) is 91.7 cm³/mol. The van der Waals surface area contributed by atoms with E-state index in [-0.39, 0.29) is 11.9 Å². The van der Waals surface area contributed by atoms with Crippen molar-refractivity contribution in [2.24, 2.45) is 7.05 Å². The van der Waals surface area contributed by atoms with Crippen LogP contribution in [0.4, 0.5) is 0 Å². The van der Waals surface area contributed by atoms with Crippen LogP contribution in [-0.4, -0.2) is 27.7 Å². The molecule has 1 aromatic heterocycles. The van der Waals surface area contributed by atoms with E-state index in [1.165, 1.54) is 11.3 Å². The molecule has 0 saturated carbocycles. The summed E-state index contributed by atoms with van der Waals surface area (Å²) in [4.78, 5) is 14.6. The minimum Gasteiger partial charge on any atom is -0.353 e. The number of carbonyl (C=O) groups is 1. The molecule has 4 heteroatoms. The highest BCUT2D eigenvalue weighted by Gasteiger charge is 2.30. The van der Waals surface area contributed by atoms with Crippen molar-refractivity contribution in [1.29, 1.82) is 0 Å². The maximum atomic E-state index is 12.5. The molecule has 0 bridgehead atoms. The summed E-state index contributed by atoms with van der Waals surface area (Å²) >= 11 is 1.71. The highest BCUT2D eigenvalue weighted by Crippen LogP contribution is 2.32. The summed E-state index contributed by atoms with van der Waals surface area (Å²) < 4.78 is 2.13. The first-order valence-corrected chi connectivity index (χ1v) is 8.93. The number of hydrogen-bond donors (Lipinski definition) is 0. The molecule has 0 N–H and O–H groups in total. The number of rotatable bonds is 5. The smallest absolute Gasteiger partial charge is 0.233 e. The number of hydrogen-bond acceptors (Lipinski definition) is 2. The van der Waals surface area contributed by atoms with Gasteiger partial charge in [-0.25, -0.2) is 0 Å². The Morgan fingerprint density at radius 3 is 2.77 bits per heavy atom. The molecule has 0 aliphatic carbocycles. The zero-order valence-corrected chi connectivity index (χ0v) is 13.8. The third-order valence-electron chi connectivity index (χ3n) is 4.24. The Labute approximate surface area is 136 Å². The van der Waals surface area contributed by atoms with Crippen molar-refractivity contribution in [2.45, 2.75) is 24.6 Å². The van der Waals surface area contributed by atoms with E-state index in [4.69, 9.17) is 0 Å². The van der Waals surface area contributed by atoms with Crippen molar-refractivity contribution in [3.8, 4) is 0 Å². The van der Waals surface area contributed by atoms with Crippen LogP contribution in [0.3, 0.4) is 0 Å². The van der Waals surface area contributed by atoms with Gasteiger partial charge in [0.15, 0.2) is 0 Å². The van der Waals surface area contributed by atoms with Crippen LogP contribution in [0, 0.1) is 0 Å². The van der Waals surface area contributed by atoms with Gasteiger partial charge in [-0.05, 0) is 30.5 Å². The Balaban J connectivity index is 1.56. The van der Waals surface area contributed by atoms with Gasteiger partial charge in [-0.1, -0.05) is 30.3 Å². The average Bonchev–Trinajstić information content (AvgIpc) is 3.16. The second kappa shape index (κ2) is 7.05. The lowest BCUT2D eigenvalue weighted by Gasteiger charge is -2.25. The molecule has 1 aromatic carbocycles. The van der Waals surface area contributed by atoms with Gasteiger partial charge in [0.1, 0.15) is 0 Å². The normalized spacial score (nSPS) is 17.9. The van der Waals surface area contributed by atoms with E-state index >= 15 is 0 Å². The largest absolute Gasteiger partial charge is 0.353 e. The molecule has 1 fully saturated rings. The summed E-state index contributed by atoms with van der Waals surface area (Å²) in [5.41, 5.74) is 2.53. The van der Waals surface area contributed by atoms with E-state index in [0.717, 1.165) is 25.1 Å². The second-order valence-electron chi connectivity index (χ2n) is 5.77. The van der Waals surface area contributed by atoms with Crippen LogP contribution >= 0.6 is 11.8 Å². The molecule has 1 aliphatic rings. The summed E-state index contributed by atoms with van der Waals surface area (Å²) in [5, 5.41) is 0. The molecular formula is C18H22N2OS. The van der Waals surface area contributed by atoms with Gasteiger partial charge in [0, 0.05) is 31.2 Å². The standard InChI is InChI=1S/C18H22N2OS/c1-19-11-5-9-16(19)17-10-6-12-20(17)18(21)14-22-13-15-7-3-2-4-8-15/h2-5,7-9,11,17H,6,10,12-14H2,1H3/t17-/m0/s1. The maximum Gasteiger partial charge on any atom is 0.233 e. The van der Waals surface area contributed by atoms with E-state index < -0.39 is 0 Å². The number of amides is 1. The lowest BCUT2D eigenvalue weighted by molar-refractivity contribution is -0.129. The fraction of sp³-hybridized carbons (Fsp3) is 0.389. The zero-order valence-electron chi connectivity index (χ0n) is 12.9. The van der Waals surface area contributed by atoms with Gasteiger partial charge in [0.25, 0.3) is 0 Å². The van der Waals surface area contributed by atoms with Crippen LogP contribution < -0.4 is 0 Å². The number of benzene rings is 1. The molecule has 1 atom stereocenters. The van der Waals surface area contributed by atoms with Gasteiger partial charge in [-0.3, -0.25) is 4.79 Å². The minimum absolute atomic E-state index is 0.254. The van der Waals surface area contributed by atoms with Crippen LogP contribution in [-0.2, 0) is 17.6 Å².